The maximum absolute atomic E-state index is 13.4. The van der Waals surface area contributed by atoms with Gasteiger partial charge in [0.1, 0.15) is 18.2 Å². The minimum atomic E-state index is -0.276. The van der Waals surface area contributed by atoms with Crippen LogP contribution in [0.4, 0.5) is 4.39 Å². The Hall–Kier alpha value is -1.87. The van der Waals surface area contributed by atoms with Crippen molar-refractivity contribution < 1.29 is 9.13 Å². The van der Waals surface area contributed by atoms with Gasteiger partial charge >= 0.3 is 0 Å². The summed E-state index contributed by atoms with van der Waals surface area (Å²) in [6.45, 7) is 4.97. The van der Waals surface area contributed by atoms with Crippen LogP contribution in [0.15, 0.2) is 42.5 Å². The zero-order chi connectivity index (χ0) is 14.5. The molecule has 0 bridgehead atoms. The van der Waals surface area contributed by atoms with E-state index in [1.807, 2.05) is 18.2 Å². The molecule has 0 amide bonds. The summed E-state index contributed by atoms with van der Waals surface area (Å²) in [7, 11) is 0. The minimum absolute atomic E-state index is 0.276. The van der Waals surface area contributed by atoms with Gasteiger partial charge < -0.3 is 10.5 Å². The van der Waals surface area contributed by atoms with Crippen LogP contribution in [0.5, 0.6) is 5.75 Å². The van der Waals surface area contributed by atoms with Crippen molar-refractivity contribution in [3.63, 3.8) is 0 Å². The normalized spacial score (nSPS) is 10.8. The highest BCUT2D eigenvalue weighted by Gasteiger charge is 2.03. The maximum atomic E-state index is 13.4. The first-order valence-corrected chi connectivity index (χ1v) is 6.79. The molecule has 3 heteroatoms. The van der Waals surface area contributed by atoms with Crippen LogP contribution >= 0.6 is 0 Å². The minimum Gasteiger partial charge on any atom is -0.489 e. The van der Waals surface area contributed by atoms with Crippen molar-refractivity contribution in [1.29, 1.82) is 0 Å². The van der Waals surface area contributed by atoms with Gasteiger partial charge in [0.15, 0.2) is 0 Å². The predicted octanol–water partition coefficient (Wildman–Crippen LogP) is 3.99. The molecule has 0 fully saturated rings. The Morgan fingerprint density at radius 1 is 1.05 bits per heavy atom. The topological polar surface area (TPSA) is 35.2 Å². The Labute approximate surface area is 119 Å². The first-order valence-electron chi connectivity index (χ1n) is 6.79. The van der Waals surface area contributed by atoms with Gasteiger partial charge in [0.05, 0.1) is 0 Å². The number of nitrogens with two attached hydrogens (primary N) is 1. The quantitative estimate of drug-likeness (QED) is 0.894. The molecular formula is C17H20FNO. The Bertz CT molecular complexity index is 564. The van der Waals surface area contributed by atoms with E-state index in [0.29, 0.717) is 19.1 Å². The number of ether oxygens (including phenoxy) is 1. The zero-order valence-electron chi connectivity index (χ0n) is 11.9. The third kappa shape index (κ3) is 3.81. The molecule has 0 radical (unpaired) electrons. The lowest BCUT2D eigenvalue weighted by Crippen LogP contribution is -2.01. The molecule has 0 atom stereocenters. The molecule has 0 spiro atoms. The maximum Gasteiger partial charge on any atom is 0.123 e. The Morgan fingerprint density at radius 3 is 2.30 bits per heavy atom. The predicted molar refractivity (Wildman–Crippen MR) is 79.2 cm³/mol. The van der Waals surface area contributed by atoms with E-state index < -0.39 is 0 Å². The second-order valence-corrected chi connectivity index (χ2v) is 5.18. The summed E-state index contributed by atoms with van der Waals surface area (Å²) in [5.41, 5.74) is 8.37. The van der Waals surface area contributed by atoms with Crippen molar-refractivity contribution in [2.24, 2.45) is 5.73 Å². The lowest BCUT2D eigenvalue weighted by atomic mass is 10.0. The highest BCUT2D eigenvalue weighted by Crippen LogP contribution is 2.20. The molecule has 20 heavy (non-hydrogen) atoms. The summed E-state index contributed by atoms with van der Waals surface area (Å²) < 4.78 is 19.0. The average Bonchev–Trinajstić information content (AvgIpc) is 2.45. The van der Waals surface area contributed by atoms with E-state index in [4.69, 9.17) is 10.5 Å². The van der Waals surface area contributed by atoms with Gasteiger partial charge in [-0.2, -0.15) is 0 Å². The van der Waals surface area contributed by atoms with Gasteiger partial charge in [-0.15, -0.1) is 0 Å². The summed E-state index contributed by atoms with van der Waals surface area (Å²) in [5.74, 6) is 1.01. The van der Waals surface area contributed by atoms with E-state index in [-0.39, 0.29) is 5.82 Å². The van der Waals surface area contributed by atoms with E-state index in [0.717, 1.165) is 16.9 Å². The summed E-state index contributed by atoms with van der Waals surface area (Å²) in [6, 6.07) is 12.8. The zero-order valence-corrected chi connectivity index (χ0v) is 11.9. The van der Waals surface area contributed by atoms with Gasteiger partial charge in [0.2, 0.25) is 0 Å². The van der Waals surface area contributed by atoms with Crippen LogP contribution in [0.3, 0.4) is 0 Å². The lowest BCUT2D eigenvalue weighted by Gasteiger charge is -2.10. The van der Waals surface area contributed by atoms with Crippen molar-refractivity contribution >= 4 is 0 Å². The van der Waals surface area contributed by atoms with Gasteiger partial charge in [-0.3, -0.25) is 0 Å². The van der Waals surface area contributed by atoms with Crippen LogP contribution in [-0.2, 0) is 13.2 Å². The molecule has 2 rings (SSSR count). The first kappa shape index (κ1) is 14.5. The molecule has 0 aliphatic rings. The number of benzene rings is 2. The van der Waals surface area contributed by atoms with Gasteiger partial charge in [0.25, 0.3) is 0 Å². The fraction of sp³-hybridized carbons (Fsp3) is 0.294. The average molecular weight is 273 g/mol. The Kier molecular flexibility index (Phi) is 4.74. The summed E-state index contributed by atoms with van der Waals surface area (Å²) >= 11 is 0. The van der Waals surface area contributed by atoms with Crippen LogP contribution < -0.4 is 10.5 Å². The van der Waals surface area contributed by atoms with Crippen molar-refractivity contribution in [3.8, 4) is 5.75 Å². The molecule has 2 aromatic carbocycles. The first-order chi connectivity index (χ1) is 9.58. The number of hydrogen-bond acceptors (Lipinski definition) is 2. The van der Waals surface area contributed by atoms with E-state index in [2.05, 4.69) is 26.0 Å². The molecule has 0 aliphatic carbocycles. The van der Waals surface area contributed by atoms with Crippen LogP contribution in [-0.4, -0.2) is 0 Å². The molecule has 0 aromatic heterocycles. The molecule has 0 unspecified atom stereocenters. The molecule has 2 nitrogen and oxygen atoms in total. The monoisotopic (exact) mass is 273 g/mol. The third-order valence-corrected chi connectivity index (χ3v) is 3.21. The second kappa shape index (κ2) is 6.53. The SMILES string of the molecule is CC(C)c1ccc(OCc2cc(F)cc(CN)c2)cc1. The highest BCUT2D eigenvalue weighted by atomic mass is 19.1. The van der Waals surface area contributed by atoms with E-state index >= 15 is 0 Å². The van der Waals surface area contributed by atoms with Crippen LogP contribution in [0, 0.1) is 5.82 Å². The molecule has 0 aliphatic heterocycles. The number of hydrogen-bond donors (Lipinski definition) is 1. The summed E-state index contributed by atoms with van der Waals surface area (Å²) in [4.78, 5) is 0. The van der Waals surface area contributed by atoms with Crippen LogP contribution in [0.2, 0.25) is 0 Å². The van der Waals surface area contributed by atoms with Crippen molar-refractivity contribution in [2.45, 2.75) is 32.9 Å². The Morgan fingerprint density at radius 2 is 1.70 bits per heavy atom. The largest absolute Gasteiger partial charge is 0.489 e. The van der Waals surface area contributed by atoms with E-state index in [1.165, 1.54) is 17.7 Å². The second-order valence-electron chi connectivity index (χ2n) is 5.18. The third-order valence-electron chi connectivity index (χ3n) is 3.21. The van der Waals surface area contributed by atoms with Crippen molar-refractivity contribution in [2.75, 3.05) is 0 Å². The standard InChI is InChI=1S/C17H20FNO/c1-12(2)15-3-5-17(6-4-15)20-11-14-7-13(10-19)8-16(18)9-14/h3-9,12H,10-11,19H2,1-2H3. The van der Waals surface area contributed by atoms with Crippen molar-refractivity contribution in [1.82, 2.24) is 0 Å². The van der Waals surface area contributed by atoms with Gasteiger partial charge in [-0.1, -0.05) is 32.0 Å². The number of rotatable bonds is 5. The Balaban J connectivity index is 2.03. The molecular weight excluding hydrogens is 253 g/mol. The van der Waals surface area contributed by atoms with Crippen LogP contribution in [0.25, 0.3) is 0 Å². The fourth-order valence-corrected chi connectivity index (χ4v) is 2.03. The molecule has 2 N–H and O–H groups in total. The molecule has 0 heterocycles. The lowest BCUT2D eigenvalue weighted by molar-refractivity contribution is 0.305. The summed E-state index contributed by atoms with van der Waals surface area (Å²) in [5, 5.41) is 0. The van der Waals surface area contributed by atoms with Crippen LogP contribution in [0.1, 0.15) is 36.5 Å². The van der Waals surface area contributed by atoms with Gasteiger partial charge in [-0.25, -0.2) is 4.39 Å². The van der Waals surface area contributed by atoms with Crippen molar-refractivity contribution in [3.05, 3.63) is 65.0 Å². The molecule has 106 valence electrons. The fourth-order valence-electron chi connectivity index (χ4n) is 2.03. The van der Waals surface area contributed by atoms with Gasteiger partial charge in [0, 0.05) is 6.54 Å². The summed E-state index contributed by atoms with van der Waals surface area (Å²) in [6.07, 6.45) is 0. The molecule has 0 saturated carbocycles. The van der Waals surface area contributed by atoms with Gasteiger partial charge in [-0.05, 0) is 46.9 Å². The molecule has 2 aromatic rings. The van der Waals surface area contributed by atoms with E-state index in [9.17, 15) is 4.39 Å². The number of halogens is 1. The highest BCUT2D eigenvalue weighted by molar-refractivity contribution is 5.30. The smallest absolute Gasteiger partial charge is 0.123 e. The molecule has 0 saturated heterocycles. The van der Waals surface area contributed by atoms with E-state index in [1.54, 1.807) is 0 Å².